The molecule has 1 unspecified atom stereocenters. The number of hydrogen-bond donors (Lipinski definition) is 3. The maximum absolute atomic E-state index is 11.8. The van der Waals surface area contributed by atoms with Crippen LogP contribution in [-0.4, -0.2) is 18.4 Å². The fourth-order valence-corrected chi connectivity index (χ4v) is 1.76. The number of carbonyl (C=O) groups excluding carboxylic acids is 2. The quantitative estimate of drug-likeness (QED) is 0.753. The van der Waals surface area contributed by atoms with Crippen molar-refractivity contribution in [3.8, 4) is 0 Å². The van der Waals surface area contributed by atoms with Crippen LogP contribution in [0.25, 0.3) is 0 Å². The highest BCUT2D eigenvalue weighted by molar-refractivity contribution is 5.97. The molecule has 0 radical (unpaired) electrons. The summed E-state index contributed by atoms with van der Waals surface area (Å²) in [5, 5.41) is 5.42. The van der Waals surface area contributed by atoms with Gasteiger partial charge in [-0.2, -0.15) is 0 Å². The van der Waals surface area contributed by atoms with Crippen LogP contribution >= 0.6 is 12.4 Å². The molecule has 2 rings (SSSR count). The van der Waals surface area contributed by atoms with E-state index in [0.29, 0.717) is 13.1 Å². The van der Waals surface area contributed by atoms with Gasteiger partial charge in [-0.15, -0.1) is 12.4 Å². The van der Waals surface area contributed by atoms with Crippen molar-refractivity contribution in [2.24, 2.45) is 11.7 Å². The van der Waals surface area contributed by atoms with Gasteiger partial charge in [-0.05, 0) is 17.7 Å². The summed E-state index contributed by atoms with van der Waals surface area (Å²) in [7, 11) is 0. The van der Waals surface area contributed by atoms with Crippen LogP contribution in [0.2, 0.25) is 0 Å². The van der Waals surface area contributed by atoms with Crippen molar-refractivity contribution in [3.05, 3.63) is 29.8 Å². The van der Waals surface area contributed by atoms with E-state index in [4.69, 9.17) is 5.73 Å². The fraction of sp³-hybridized carbons (Fsp3) is 0.333. The van der Waals surface area contributed by atoms with Crippen LogP contribution in [-0.2, 0) is 16.1 Å². The highest BCUT2D eigenvalue weighted by Gasteiger charge is 2.27. The second-order valence-electron chi connectivity index (χ2n) is 4.10. The van der Waals surface area contributed by atoms with E-state index < -0.39 is 0 Å². The molecule has 1 atom stereocenters. The highest BCUT2D eigenvalue weighted by atomic mass is 35.5. The zero-order chi connectivity index (χ0) is 12.3. The van der Waals surface area contributed by atoms with Crippen LogP contribution in [0.15, 0.2) is 24.3 Å². The van der Waals surface area contributed by atoms with E-state index in [1.165, 1.54) is 0 Å². The van der Waals surface area contributed by atoms with Crippen LogP contribution < -0.4 is 16.4 Å². The van der Waals surface area contributed by atoms with E-state index in [0.717, 1.165) is 11.3 Å². The molecule has 0 spiro atoms. The molecular formula is C12H16ClN3O2. The molecule has 2 amide bonds. The number of carbonyl (C=O) groups is 2. The Morgan fingerprint density at radius 3 is 2.56 bits per heavy atom. The molecule has 0 bridgehead atoms. The Labute approximate surface area is 112 Å². The van der Waals surface area contributed by atoms with E-state index in [-0.39, 0.29) is 36.6 Å². The minimum atomic E-state index is -0.267. The van der Waals surface area contributed by atoms with Crippen molar-refractivity contribution in [2.75, 3.05) is 11.9 Å². The molecule has 1 aromatic rings. The number of hydrogen-bond acceptors (Lipinski definition) is 3. The first-order valence-electron chi connectivity index (χ1n) is 5.55. The van der Waals surface area contributed by atoms with Crippen LogP contribution in [0.5, 0.6) is 0 Å². The van der Waals surface area contributed by atoms with E-state index in [1.807, 2.05) is 24.3 Å². The summed E-state index contributed by atoms with van der Waals surface area (Å²) >= 11 is 0. The van der Waals surface area contributed by atoms with Gasteiger partial charge < -0.3 is 16.4 Å². The van der Waals surface area contributed by atoms with Gasteiger partial charge in [0.2, 0.25) is 11.8 Å². The van der Waals surface area contributed by atoms with Gasteiger partial charge in [-0.3, -0.25) is 9.59 Å². The van der Waals surface area contributed by atoms with Crippen molar-refractivity contribution in [1.29, 1.82) is 0 Å². The topological polar surface area (TPSA) is 84.2 Å². The number of nitrogens with two attached hydrogens (primary N) is 1. The molecule has 98 valence electrons. The molecule has 1 saturated heterocycles. The lowest BCUT2D eigenvalue weighted by Gasteiger charge is -2.09. The van der Waals surface area contributed by atoms with Gasteiger partial charge in [-0.1, -0.05) is 12.1 Å². The van der Waals surface area contributed by atoms with Gasteiger partial charge in [-0.25, -0.2) is 0 Å². The molecule has 1 heterocycles. The number of rotatable bonds is 3. The van der Waals surface area contributed by atoms with Gasteiger partial charge in [0.05, 0.1) is 5.92 Å². The standard InChI is InChI=1S/C12H15N3O2.ClH/c13-6-8-1-3-10(4-2-8)15-12(17)9-5-11(16)14-7-9;/h1-4,9H,5-7,13H2,(H,14,16)(H,15,17);1H. The first-order valence-corrected chi connectivity index (χ1v) is 5.55. The highest BCUT2D eigenvalue weighted by Crippen LogP contribution is 2.14. The Hall–Kier alpha value is -1.59. The molecule has 1 aromatic carbocycles. The van der Waals surface area contributed by atoms with Gasteiger partial charge in [0, 0.05) is 25.2 Å². The normalized spacial score (nSPS) is 17.8. The van der Waals surface area contributed by atoms with E-state index in [9.17, 15) is 9.59 Å². The second-order valence-corrected chi connectivity index (χ2v) is 4.10. The van der Waals surface area contributed by atoms with Gasteiger partial charge >= 0.3 is 0 Å². The van der Waals surface area contributed by atoms with Crippen LogP contribution in [0.1, 0.15) is 12.0 Å². The summed E-state index contributed by atoms with van der Waals surface area (Å²) in [5.74, 6) is -0.454. The molecule has 0 aliphatic carbocycles. The Kier molecular flexibility index (Phi) is 5.12. The lowest BCUT2D eigenvalue weighted by Crippen LogP contribution is -2.24. The summed E-state index contributed by atoms with van der Waals surface area (Å²) in [4.78, 5) is 22.8. The SMILES string of the molecule is Cl.NCc1ccc(NC(=O)C2CNC(=O)C2)cc1. The number of benzene rings is 1. The summed E-state index contributed by atoms with van der Waals surface area (Å²) in [5.41, 5.74) is 7.23. The predicted octanol–water partition coefficient (Wildman–Crippen LogP) is 0.642. The van der Waals surface area contributed by atoms with E-state index in [2.05, 4.69) is 10.6 Å². The van der Waals surface area contributed by atoms with Crippen molar-refractivity contribution in [1.82, 2.24) is 5.32 Å². The Bertz CT molecular complexity index is 433. The molecule has 0 saturated carbocycles. The first kappa shape index (κ1) is 14.5. The summed E-state index contributed by atoms with van der Waals surface area (Å²) in [6, 6.07) is 7.36. The average molecular weight is 270 g/mol. The van der Waals surface area contributed by atoms with E-state index in [1.54, 1.807) is 0 Å². The summed E-state index contributed by atoms with van der Waals surface area (Å²) < 4.78 is 0. The van der Waals surface area contributed by atoms with Crippen molar-refractivity contribution in [3.63, 3.8) is 0 Å². The van der Waals surface area contributed by atoms with Gasteiger partial charge in [0.1, 0.15) is 0 Å². The van der Waals surface area contributed by atoms with Gasteiger partial charge in [0.15, 0.2) is 0 Å². The molecule has 4 N–H and O–H groups in total. The second kappa shape index (κ2) is 6.37. The maximum atomic E-state index is 11.8. The third-order valence-electron chi connectivity index (χ3n) is 2.81. The van der Waals surface area contributed by atoms with E-state index >= 15 is 0 Å². The molecule has 1 aliphatic rings. The number of nitrogens with one attached hydrogen (secondary N) is 2. The Morgan fingerprint density at radius 1 is 1.39 bits per heavy atom. The molecule has 18 heavy (non-hydrogen) atoms. The molecule has 5 nitrogen and oxygen atoms in total. The zero-order valence-corrected chi connectivity index (χ0v) is 10.6. The third kappa shape index (κ3) is 3.45. The first-order chi connectivity index (χ1) is 8.19. The Morgan fingerprint density at radius 2 is 2.06 bits per heavy atom. The minimum Gasteiger partial charge on any atom is -0.355 e. The smallest absolute Gasteiger partial charge is 0.229 e. The number of halogens is 1. The average Bonchev–Trinajstić information content (AvgIpc) is 2.77. The van der Waals surface area contributed by atoms with Crippen LogP contribution in [0.4, 0.5) is 5.69 Å². The number of amides is 2. The minimum absolute atomic E-state index is 0. The van der Waals surface area contributed by atoms with Crippen LogP contribution in [0.3, 0.4) is 0 Å². The summed E-state index contributed by atoms with van der Waals surface area (Å²) in [6.45, 7) is 0.904. The monoisotopic (exact) mass is 269 g/mol. The third-order valence-corrected chi connectivity index (χ3v) is 2.81. The zero-order valence-electron chi connectivity index (χ0n) is 9.81. The van der Waals surface area contributed by atoms with Gasteiger partial charge in [0.25, 0.3) is 0 Å². The summed E-state index contributed by atoms with van der Waals surface area (Å²) in [6.07, 6.45) is 0.271. The van der Waals surface area contributed by atoms with Crippen LogP contribution in [0, 0.1) is 5.92 Å². The Balaban J connectivity index is 0.00000162. The van der Waals surface area contributed by atoms with Crippen molar-refractivity contribution < 1.29 is 9.59 Å². The lowest BCUT2D eigenvalue weighted by atomic mass is 10.1. The molecule has 0 aromatic heterocycles. The lowest BCUT2D eigenvalue weighted by molar-refractivity contribution is -0.123. The fourth-order valence-electron chi connectivity index (χ4n) is 1.76. The van der Waals surface area contributed by atoms with Crippen molar-refractivity contribution >= 4 is 29.9 Å². The molecule has 1 aliphatic heterocycles. The molecular weight excluding hydrogens is 254 g/mol. The molecule has 6 heteroatoms. The largest absolute Gasteiger partial charge is 0.355 e. The molecule has 1 fully saturated rings. The maximum Gasteiger partial charge on any atom is 0.229 e. The predicted molar refractivity (Wildman–Crippen MR) is 71.3 cm³/mol. The van der Waals surface area contributed by atoms with Crippen molar-refractivity contribution in [2.45, 2.75) is 13.0 Å². The number of anilines is 1.